The predicted octanol–water partition coefficient (Wildman–Crippen LogP) is 2.16. The minimum absolute atomic E-state index is 0.0295. The van der Waals surface area contributed by atoms with Crippen LogP contribution in [0.3, 0.4) is 0 Å². The molecular formula is C16H21ClN2O2. The summed E-state index contributed by atoms with van der Waals surface area (Å²) in [4.78, 5) is 17.0. The lowest BCUT2D eigenvalue weighted by molar-refractivity contribution is -0.142. The van der Waals surface area contributed by atoms with Gasteiger partial charge in [-0.3, -0.25) is 9.69 Å². The van der Waals surface area contributed by atoms with Crippen LogP contribution in [0.25, 0.3) is 0 Å². The number of morpholine rings is 1. The lowest BCUT2D eigenvalue weighted by Gasteiger charge is -2.40. The van der Waals surface area contributed by atoms with Gasteiger partial charge in [-0.25, -0.2) is 0 Å². The second-order valence-corrected chi connectivity index (χ2v) is 6.13. The molecule has 2 fully saturated rings. The molecule has 0 N–H and O–H groups in total. The molecule has 2 aliphatic heterocycles. The fourth-order valence-corrected chi connectivity index (χ4v) is 3.37. The molecule has 1 aromatic rings. The number of rotatable bonds is 3. The molecule has 0 aliphatic carbocycles. The van der Waals surface area contributed by atoms with Gasteiger partial charge < -0.3 is 9.64 Å². The van der Waals surface area contributed by atoms with Crippen molar-refractivity contribution in [1.82, 2.24) is 9.80 Å². The van der Waals surface area contributed by atoms with Crippen LogP contribution in [0, 0.1) is 0 Å². The number of piperidine rings is 1. The first-order valence-corrected chi connectivity index (χ1v) is 7.97. The maximum absolute atomic E-state index is 12.7. The van der Waals surface area contributed by atoms with Crippen molar-refractivity contribution in [3.63, 3.8) is 0 Å². The number of halogens is 1. The van der Waals surface area contributed by atoms with Crippen molar-refractivity contribution in [3.8, 4) is 0 Å². The number of likely N-dealkylation sites (tertiary alicyclic amines) is 1. The number of nitrogens with zero attached hydrogens (tertiary/aromatic N) is 2. The third-order valence-corrected chi connectivity index (χ3v) is 4.49. The molecule has 21 heavy (non-hydrogen) atoms. The Morgan fingerprint density at radius 3 is 2.81 bits per heavy atom. The predicted molar refractivity (Wildman–Crippen MR) is 82.3 cm³/mol. The average Bonchev–Trinajstić information content (AvgIpc) is 2.50. The Morgan fingerprint density at radius 2 is 2.05 bits per heavy atom. The van der Waals surface area contributed by atoms with Gasteiger partial charge in [0.2, 0.25) is 5.91 Å². The highest BCUT2D eigenvalue weighted by Gasteiger charge is 2.33. The lowest BCUT2D eigenvalue weighted by atomic mass is 10.0. The van der Waals surface area contributed by atoms with E-state index in [-0.39, 0.29) is 11.9 Å². The minimum Gasteiger partial charge on any atom is -0.379 e. The Hall–Kier alpha value is -1.10. The Kier molecular flexibility index (Phi) is 4.78. The van der Waals surface area contributed by atoms with E-state index in [2.05, 4.69) is 4.90 Å². The van der Waals surface area contributed by atoms with E-state index in [4.69, 9.17) is 16.3 Å². The molecule has 2 saturated heterocycles. The van der Waals surface area contributed by atoms with E-state index < -0.39 is 0 Å². The first-order chi connectivity index (χ1) is 10.2. The molecule has 2 aliphatic rings. The Balaban J connectivity index is 1.67. The maximum Gasteiger partial charge on any atom is 0.240 e. The van der Waals surface area contributed by atoms with E-state index in [9.17, 15) is 4.79 Å². The number of ether oxygens (including phenoxy) is 1. The van der Waals surface area contributed by atoms with Crippen molar-refractivity contribution >= 4 is 17.5 Å². The van der Waals surface area contributed by atoms with Crippen molar-refractivity contribution < 1.29 is 9.53 Å². The summed E-state index contributed by atoms with van der Waals surface area (Å²) in [7, 11) is 0. The zero-order valence-electron chi connectivity index (χ0n) is 12.1. The van der Waals surface area contributed by atoms with Crippen LogP contribution in [-0.4, -0.2) is 54.6 Å². The number of carbonyl (C=O) groups is 1. The van der Waals surface area contributed by atoms with Gasteiger partial charge in [-0.05, 0) is 30.5 Å². The first-order valence-electron chi connectivity index (χ1n) is 7.59. The van der Waals surface area contributed by atoms with Crippen LogP contribution in [0.1, 0.15) is 18.4 Å². The average molecular weight is 309 g/mol. The van der Waals surface area contributed by atoms with Gasteiger partial charge in [0.25, 0.3) is 0 Å². The Labute approximate surface area is 130 Å². The highest BCUT2D eigenvalue weighted by atomic mass is 35.5. The molecule has 0 aromatic heterocycles. The van der Waals surface area contributed by atoms with E-state index in [0.717, 1.165) is 56.3 Å². The van der Waals surface area contributed by atoms with Crippen molar-refractivity contribution in [2.24, 2.45) is 0 Å². The fourth-order valence-electron chi connectivity index (χ4n) is 3.16. The normalized spacial score (nSPS) is 24.3. The molecule has 114 valence electrons. The van der Waals surface area contributed by atoms with Crippen LogP contribution in [0.15, 0.2) is 24.3 Å². The van der Waals surface area contributed by atoms with Gasteiger partial charge in [0.15, 0.2) is 0 Å². The van der Waals surface area contributed by atoms with Gasteiger partial charge in [-0.1, -0.05) is 23.7 Å². The van der Waals surface area contributed by atoms with E-state index in [1.165, 1.54) is 0 Å². The minimum atomic E-state index is 0.0295. The molecule has 1 unspecified atom stereocenters. The molecule has 1 amide bonds. The molecule has 5 heteroatoms. The highest BCUT2D eigenvalue weighted by molar-refractivity contribution is 6.30. The van der Waals surface area contributed by atoms with Crippen LogP contribution in [0.5, 0.6) is 0 Å². The molecule has 0 spiro atoms. The maximum atomic E-state index is 12.7. The van der Waals surface area contributed by atoms with Crippen LogP contribution in [0.4, 0.5) is 0 Å². The summed E-state index contributed by atoms with van der Waals surface area (Å²) < 4.78 is 5.38. The van der Waals surface area contributed by atoms with Crippen molar-refractivity contribution in [2.45, 2.75) is 25.4 Å². The Morgan fingerprint density at radius 1 is 1.24 bits per heavy atom. The lowest BCUT2D eigenvalue weighted by Crippen LogP contribution is -2.54. The molecule has 3 rings (SSSR count). The van der Waals surface area contributed by atoms with Gasteiger partial charge in [0, 0.05) is 31.2 Å². The van der Waals surface area contributed by atoms with E-state index in [0.29, 0.717) is 6.54 Å². The zero-order chi connectivity index (χ0) is 14.7. The van der Waals surface area contributed by atoms with Crippen LogP contribution < -0.4 is 0 Å². The molecule has 2 heterocycles. The van der Waals surface area contributed by atoms with E-state index in [1.54, 1.807) is 0 Å². The third-order valence-electron chi connectivity index (χ3n) is 4.25. The largest absolute Gasteiger partial charge is 0.379 e. The van der Waals surface area contributed by atoms with Gasteiger partial charge in [0.05, 0.1) is 19.3 Å². The molecule has 1 aromatic carbocycles. The molecule has 0 bridgehead atoms. The summed E-state index contributed by atoms with van der Waals surface area (Å²) >= 11 is 6.02. The monoisotopic (exact) mass is 308 g/mol. The zero-order valence-corrected chi connectivity index (χ0v) is 12.9. The molecule has 1 atom stereocenters. The summed E-state index contributed by atoms with van der Waals surface area (Å²) in [5, 5.41) is 0.724. The van der Waals surface area contributed by atoms with Crippen LogP contribution in [-0.2, 0) is 16.1 Å². The Bertz CT molecular complexity index is 503. The van der Waals surface area contributed by atoms with Crippen molar-refractivity contribution in [3.05, 3.63) is 34.9 Å². The number of amides is 1. The smallest absolute Gasteiger partial charge is 0.240 e. The highest BCUT2D eigenvalue weighted by Crippen LogP contribution is 2.21. The fraction of sp³-hybridized carbons (Fsp3) is 0.562. The summed E-state index contributed by atoms with van der Waals surface area (Å²) in [6.07, 6.45) is 2.03. The number of hydrogen-bond acceptors (Lipinski definition) is 3. The van der Waals surface area contributed by atoms with E-state index >= 15 is 0 Å². The standard InChI is InChI=1S/C16H21ClN2O2/c17-14-4-1-3-13(11-14)12-19-6-2-5-15(16(19)20)18-7-9-21-10-8-18/h1,3-4,11,15H,2,5-10,12H2. The van der Waals surface area contributed by atoms with Crippen molar-refractivity contribution in [2.75, 3.05) is 32.8 Å². The molecule has 0 radical (unpaired) electrons. The van der Waals surface area contributed by atoms with Gasteiger partial charge >= 0.3 is 0 Å². The number of hydrogen-bond donors (Lipinski definition) is 0. The van der Waals surface area contributed by atoms with E-state index in [1.807, 2.05) is 29.2 Å². The molecular weight excluding hydrogens is 288 g/mol. The quantitative estimate of drug-likeness (QED) is 0.858. The summed E-state index contributed by atoms with van der Waals surface area (Å²) in [5.41, 5.74) is 1.10. The second kappa shape index (κ2) is 6.77. The molecule has 4 nitrogen and oxygen atoms in total. The topological polar surface area (TPSA) is 32.8 Å². The van der Waals surface area contributed by atoms with Gasteiger partial charge in [0.1, 0.15) is 0 Å². The van der Waals surface area contributed by atoms with Crippen molar-refractivity contribution in [1.29, 1.82) is 0 Å². The summed E-state index contributed by atoms with van der Waals surface area (Å²) in [5.74, 6) is 0.253. The van der Waals surface area contributed by atoms with Gasteiger partial charge in [-0.2, -0.15) is 0 Å². The van der Waals surface area contributed by atoms with Crippen LogP contribution >= 0.6 is 11.6 Å². The third kappa shape index (κ3) is 3.57. The molecule has 0 saturated carbocycles. The summed E-state index contributed by atoms with van der Waals surface area (Å²) in [6, 6.07) is 7.79. The van der Waals surface area contributed by atoms with Gasteiger partial charge in [-0.15, -0.1) is 0 Å². The SMILES string of the molecule is O=C1C(N2CCOCC2)CCCN1Cc1cccc(Cl)c1. The first kappa shape index (κ1) is 14.8. The number of benzene rings is 1. The van der Waals surface area contributed by atoms with Crippen LogP contribution in [0.2, 0.25) is 5.02 Å². The number of carbonyl (C=O) groups excluding carboxylic acids is 1. The second-order valence-electron chi connectivity index (χ2n) is 5.70. The summed E-state index contributed by atoms with van der Waals surface area (Å²) in [6.45, 7) is 4.69.